The molecule has 0 bridgehead atoms. The maximum absolute atomic E-state index is 12.9. The minimum Gasteiger partial charge on any atom is -0.350 e. The Morgan fingerprint density at radius 1 is 1.15 bits per heavy atom. The van der Waals surface area contributed by atoms with Crippen LogP contribution in [-0.4, -0.2) is 40.7 Å². The highest BCUT2D eigenvalue weighted by atomic mass is 32.2. The second-order valence-electron chi connectivity index (χ2n) is 7.54. The van der Waals surface area contributed by atoms with Crippen molar-refractivity contribution < 1.29 is 14.4 Å². The van der Waals surface area contributed by atoms with Crippen molar-refractivity contribution in [1.82, 2.24) is 10.2 Å². The summed E-state index contributed by atoms with van der Waals surface area (Å²) in [5, 5.41) is 2.93. The lowest BCUT2D eigenvalue weighted by molar-refractivity contribution is -0.148. The summed E-state index contributed by atoms with van der Waals surface area (Å²) in [5.74, 6) is -0.205. The maximum Gasteiger partial charge on any atom is 0.243 e. The summed E-state index contributed by atoms with van der Waals surface area (Å²) in [6.07, 6.45) is 5.98. The molecule has 2 fully saturated rings. The molecule has 3 amide bonds. The fraction of sp³-hybridized carbons (Fsp3) is 0.571. The predicted molar refractivity (Wildman–Crippen MR) is 107 cm³/mol. The summed E-state index contributed by atoms with van der Waals surface area (Å²) in [7, 11) is 0. The summed E-state index contributed by atoms with van der Waals surface area (Å²) >= 11 is 1.62. The van der Waals surface area contributed by atoms with Crippen molar-refractivity contribution in [1.29, 1.82) is 0 Å². The lowest BCUT2D eigenvalue weighted by Gasteiger charge is -2.26. The van der Waals surface area contributed by atoms with E-state index in [1.54, 1.807) is 11.8 Å². The van der Waals surface area contributed by atoms with Crippen LogP contribution in [0.2, 0.25) is 0 Å². The van der Waals surface area contributed by atoms with Crippen molar-refractivity contribution in [2.24, 2.45) is 11.8 Å². The molecule has 0 unspecified atom stereocenters. The van der Waals surface area contributed by atoms with Crippen LogP contribution in [0.3, 0.4) is 0 Å². The standard InChI is InChI=1S/C21H28N2O3S/c1-14-7-9-15(10-8-14)13-22-19(24)18(11-12-27-2)23-20(25)16-5-3-4-6-17(16)21(23)26/h7-10,16-18H,3-6,11-13H2,1-2H3,(H,22,24)/t16-,17+,18-/m1/s1. The van der Waals surface area contributed by atoms with Crippen LogP contribution >= 0.6 is 11.8 Å². The number of thioether (sulfide) groups is 1. The molecule has 1 aromatic carbocycles. The topological polar surface area (TPSA) is 66.5 Å². The molecule has 146 valence electrons. The number of nitrogens with one attached hydrogen (secondary N) is 1. The Kier molecular flexibility index (Phi) is 6.58. The molecule has 3 atom stereocenters. The molecule has 5 nitrogen and oxygen atoms in total. The zero-order valence-electron chi connectivity index (χ0n) is 16.1. The van der Waals surface area contributed by atoms with Crippen molar-refractivity contribution in [3.8, 4) is 0 Å². The Hall–Kier alpha value is -1.82. The zero-order chi connectivity index (χ0) is 19.4. The number of benzene rings is 1. The maximum atomic E-state index is 12.9. The molecule has 1 aliphatic carbocycles. The molecule has 1 saturated carbocycles. The molecule has 0 radical (unpaired) electrons. The van der Waals surface area contributed by atoms with E-state index < -0.39 is 6.04 Å². The van der Waals surface area contributed by atoms with E-state index in [-0.39, 0.29) is 29.6 Å². The van der Waals surface area contributed by atoms with Gasteiger partial charge in [-0.3, -0.25) is 19.3 Å². The van der Waals surface area contributed by atoms with E-state index >= 15 is 0 Å². The number of likely N-dealkylation sites (tertiary alicyclic amines) is 1. The molecule has 6 heteroatoms. The third kappa shape index (κ3) is 4.37. The van der Waals surface area contributed by atoms with Gasteiger partial charge < -0.3 is 5.32 Å². The first-order valence-corrected chi connectivity index (χ1v) is 11.1. The highest BCUT2D eigenvalue weighted by molar-refractivity contribution is 7.98. The summed E-state index contributed by atoms with van der Waals surface area (Å²) in [5.41, 5.74) is 2.17. The van der Waals surface area contributed by atoms with Gasteiger partial charge in [0, 0.05) is 6.54 Å². The number of aryl methyl sites for hydroxylation is 1. The van der Waals surface area contributed by atoms with Crippen molar-refractivity contribution in [2.45, 2.75) is 51.6 Å². The molecule has 27 heavy (non-hydrogen) atoms. The van der Waals surface area contributed by atoms with Crippen LogP contribution in [0.1, 0.15) is 43.2 Å². The first-order valence-electron chi connectivity index (χ1n) is 9.72. The van der Waals surface area contributed by atoms with E-state index in [0.717, 1.165) is 37.0 Å². The van der Waals surface area contributed by atoms with E-state index in [4.69, 9.17) is 0 Å². The Labute approximate surface area is 165 Å². The van der Waals surface area contributed by atoms with Gasteiger partial charge in [0.1, 0.15) is 6.04 Å². The zero-order valence-corrected chi connectivity index (χ0v) is 16.9. The van der Waals surface area contributed by atoms with Crippen molar-refractivity contribution in [3.05, 3.63) is 35.4 Å². The number of imide groups is 1. The molecule has 3 rings (SSSR count). The van der Waals surface area contributed by atoms with Gasteiger partial charge in [0.2, 0.25) is 17.7 Å². The van der Waals surface area contributed by atoms with Crippen LogP contribution in [0.4, 0.5) is 0 Å². The van der Waals surface area contributed by atoms with Gasteiger partial charge in [-0.05, 0) is 43.8 Å². The number of rotatable bonds is 7. The summed E-state index contributed by atoms with van der Waals surface area (Å²) in [4.78, 5) is 40.0. The minimum atomic E-state index is -0.700. The molecule has 0 spiro atoms. The van der Waals surface area contributed by atoms with Crippen molar-refractivity contribution in [2.75, 3.05) is 12.0 Å². The summed E-state index contributed by atoms with van der Waals surface area (Å²) < 4.78 is 0. The SMILES string of the molecule is CSCC[C@H](C(=O)NCc1ccc(C)cc1)N1C(=O)[C@H]2CCCC[C@H]2C1=O. The van der Waals surface area contributed by atoms with Gasteiger partial charge in [0.05, 0.1) is 11.8 Å². The van der Waals surface area contributed by atoms with Crippen LogP contribution in [0.25, 0.3) is 0 Å². The van der Waals surface area contributed by atoms with Crippen molar-refractivity contribution in [3.63, 3.8) is 0 Å². The highest BCUT2D eigenvalue weighted by Crippen LogP contribution is 2.39. The first kappa shape index (κ1) is 19.9. The molecule has 1 aromatic rings. The number of nitrogens with zero attached hydrogens (tertiary/aromatic N) is 1. The minimum absolute atomic E-state index is 0.138. The van der Waals surface area contributed by atoms with Gasteiger partial charge >= 0.3 is 0 Å². The summed E-state index contributed by atoms with van der Waals surface area (Å²) in [6, 6.07) is 7.27. The number of amides is 3. The van der Waals surface area contributed by atoms with Crippen LogP contribution in [0, 0.1) is 18.8 Å². The largest absolute Gasteiger partial charge is 0.350 e. The number of hydrogen-bond donors (Lipinski definition) is 1. The smallest absolute Gasteiger partial charge is 0.243 e. The van der Waals surface area contributed by atoms with Gasteiger partial charge in [-0.2, -0.15) is 11.8 Å². The normalized spacial score (nSPS) is 23.3. The Bertz CT molecular complexity index is 680. The van der Waals surface area contributed by atoms with E-state index in [1.807, 2.05) is 37.4 Å². The van der Waals surface area contributed by atoms with Crippen LogP contribution in [0.5, 0.6) is 0 Å². The van der Waals surface area contributed by atoms with E-state index in [9.17, 15) is 14.4 Å². The third-order valence-electron chi connectivity index (χ3n) is 5.67. The molecular weight excluding hydrogens is 360 g/mol. The van der Waals surface area contributed by atoms with Crippen LogP contribution in [-0.2, 0) is 20.9 Å². The Morgan fingerprint density at radius 2 is 1.74 bits per heavy atom. The van der Waals surface area contributed by atoms with Gasteiger partial charge in [-0.1, -0.05) is 42.7 Å². The third-order valence-corrected chi connectivity index (χ3v) is 6.32. The lowest BCUT2D eigenvalue weighted by Crippen LogP contribution is -2.50. The quantitative estimate of drug-likeness (QED) is 0.730. The first-order chi connectivity index (χ1) is 13.0. The Morgan fingerprint density at radius 3 is 2.30 bits per heavy atom. The second-order valence-corrected chi connectivity index (χ2v) is 8.53. The van der Waals surface area contributed by atoms with E-state index in [1.165, 1.54) is 10.5 Å². The predicted octanol–water partition coefficient (Wildman–Crippen LogP) is 2.91. The molecule has 2 aliphatic rings. The number of carbonyl (C=O) groups is 3. The van der Waals surface area contributed by atoms with Gasteiger partial charge in [0.25, 0.3) is 0 Å². The van der Waals surface area contributed by atoms with Gasteiger partial charge in [-0.15, -0.1) is 0 Å². The number of hydrogen-bond acceptors (Lipinski definition) is 4. The molecule has 1 saturated heterocycles. The average Bonchev–Trinajstić information content (AvgIpc) is 2.93. The van der Waals surface area contributed by atoms with Gasteiger partial charge in [0.15, 0.2) is 0 Å². The highest BCUT2D eigenvalue weighted by Gasteiger charge is 2.51. The lowest BCUT2D eigenvalue weighted by atomic mass is 9.81. The van der Waals surface area contributed by atoms with E-state index in [2.05, 4.69) is 5.32 Å². The van der Waals surface area contributed by atoms with Crippen LogP contribution in [0.15, 0.2) is 24.3 Å². The van der Waals surface area contributed by atoms with E-state index in [0.29, 0.717) is 13.0 Å². The van der Waals surface area contributed by atoms with Gasteiger partial charge in [-0.25, -0.2) is 0 Å². The Balaban J connectivity index is 1.72. The number of fused-ring (bicyclic) bond motifs is 1. The molecule has 1 N–H and O–H groups in total. The fourth-order valence-electron chi connectivity index (χ4n) is 4.11. The molecular formula is C21H28N2O3S. The summed E-state index contributed by atoms with van der Waals surface area (Å²) in [6.45, 7) is 2.42. The molecule has 0 aromatic heterocycles. The molecule has 1 heterocycles. The van der Waals surface area contributed by atoms with Crippen LogP contribution < -0.4 is 5.32 Å². The monoisotopic (exact) mass is 388 g/mol. The van der Waals surface area contributed by atoms with Crippen molar-refractivity contribution >= 4 is 29.5 Å². The number of carbonyl (C=O) groups excluding carboxylic acids is 3. The average molecular weight is 389 g/mol. The fourth-order valence-corrected chi connectivity index (χ4v) is 4.57. The second kappa shape index (κ2) is 8.91. The molecule has 1 aliphatic heterocycles.